The Hall–Kier alpha value is -1.05. The molecule has 0 aliphatic rings. The van der Waals surface area contributed by atoms with Gasteiger partial charge in [-0.3, -0.25) is 15.1 Å². The number of alkyl halides is 2. The Kier molecular flexibility index (Phi) is 16.7. The molecular formula is C15H26Cl2N2O4. The Labute approximate surface area is 147 Å². The second-order valence-electron chi connectivity index (χ2n) is 3.81. The van der Waals surface area contributed by atoms with Crippen molar-refractivity contribution in [3.05, 3.63) is 29.8 Å². The molecule has 134 valence electrons. The Bertz CT molecular complexity index is 405. The first-order valence-electron chi connectivity index (χ1n) is 7.08. The number of carbonyl (C=O) groups is 1. The van der Waals surface area contributed by atoms with Gasteiger partial charge in [0.1, 0.15) is 5.38 Å². The summed E-state index contributed by atoms with van der Waals surface area (Å²) in [6, 6.07) is 6.98. The van der Waals surface area contributed by atoms with Crippen molar-refractivity contribution < 1.29 is 19.8 Å². The number of halogens is 2. The zero-order valence-electron chi connectivity index (χ0n) is 13.8. The second kappa shape index (κ2) is 15.8. The molecule has 0 saturated carbocycles. The van der Waals surface area contributed by atoms with Crippen LogP contribution in [-0.4, -0.2) is 48.1 Å². The second-order valence-corrected chi connectivity index (χ2v) is 4.65. The lowest BCUT2D eigenvalue weighted by Crippen LogP contribution is -2.35. The lowest BCUT2D eigenvalue weighted by Gasteiger charge is -2.14. The zero-order chi connectivity index (χ0) is 18.3. The van der Waals surface area contributed by atoms with E-state index in [1.165, 1.54) is 7.11 Å². The highest BCUT2D eigenvalue weighted by Crippen LogP contribution is 2.15. The van der Waals surface area contributed by atoms with Crippen molar-refractivity contribution in [1.82, 2.24) is 5.32 Å². The summed E-state index contributed by atoms with van der Waals surface area (Å²) < 4.78 is 0. The monoisotopic (exact) mass is 368 g/mol. The summed E-state index contributed by atoms with van der Waals surface area (Å²) >= 11 is 11.1. The van der Waals surface area contributed by atoms with Gasteiger partial charge < -0.3 is 15.5 Å². The summed E-state index contributed by atoms with van der Waals surface area (Å²) in [6.45, 7) is 4.08. The number of amides is 1. The number of nitrogens with one attached hydrogen (secondary N) is 2. The van der Waals surface area contributed by atoms with Crippen molar-refractivity contribution in [2.24, 2.45) is 0 Å². The highest BCUT2D eigenvalue weighted by Gasteiger charge is 2.15. The molecule has 1 aromatic carbocycles. The number of hydrogen-bond acceptors (Lipinski definition) is 5. The summed E-state index contributed by atoms with van der Waals surface area (Å²) in [5.74, 6) is -0.366. The van der Waals surface area contributed by atoms with Crippen LogP contribution in [0.3, 0.4) is 0 Å². The quantitative estimate of drug-likeness (QED) is 0.437. The van der Waals surface area contributed by atoms with E-state index in [9.17, 15) is 9.90 Å². The van der Waals surface area contributed by atoms with Crippen LogP contribution in [-0.2, 0) is 9.63 Å². The van der Waals surface area contributed by atoms with Crippen LogP contribution >= 0.6 is 23.2 Å². The summed E-state index contributed by atoms with van der Waals surface area (Å²) in [7, 11) is 2.51. The van der Waals surface area contributed by atoms with E-state index in [0.29, 0.717) is 5.56 Å². The first-order valence-corrected chi connectivity index (χ1v) is 8.05. The molecule has 0 fully saturated rings. The first kappa shape index (κ1) is 24.2. The molecule has 0 bridgehead atoms. The number of hydrogen-bond donors (Lipinski definition) is 4. The van der Waals surface area contributed by atoms with Gasteiger partial charge in [0.15, 0.2) is 0 Å². The maximum Gasteiger partial charge on any atom is 0.239 e. The minimum atomic E-state index is -0.806. The maximum atomic E-state index is 11.4. The van der Waals surface area contributed by atoms with Gasteiger partial charge in [0.05, 0.1) is 18.9 Å². The number of anilines is 1. The van der Waals surface area contributed by atoms with Gasteiger partial charge in [-0.05, 0) is 17.7 Å². The smallest absolute Gasteiger partial charge is 0.239 e. The number of carbonyl (C=O) groups excluding carboxylic acids is 1. The van der Waals surface area contributed by atoms with Crippen molar-refractivity contribution in [3.8, 4) is 0 Å². The van der Waals surface area contributed by atoms with Crippen LogP contribution < -0.4 is 10.8 Å². The molecule has 0 spiro atoms. The van der Waals surface area contributed by atoms with E-state index >= 15 is 0 Å². The fourth-order valence-corrected chi connectivity index (χ4v) is 1.60. The third-order valence-corrected chi connectivity index (χ3v) is 3.22. The number of aliphatic hydroxyl groups is 2. The molecule has 1 amide bonds. The summed E-state index contributed by atoms with van der Waals surface area (Å²) in [5, 5.41) is 18.6. The molecule has 4 N–H and O–H groups in total. The minimum absolute atomic E-state index is 0.0286. The zero-order valence-corrected chi connectivity index (χ0v) is 15.4. The summed E-state index contributed by atoms with van der Waals surface area (Å²) in [5.41, 5.74) is 4.11. The molecule has 2 atom stereocenters. The fraction of sp³-hybridized carbons (Fsp3) is 0.533. The molecule has 1 rings (SSSR count). The van der Waals surface area contributed by atoms with Crippen molar-refractivity contribution >= 4 is 34.8 Å². The number of benzene rings is 1. The Balaban J connectivity index is 0. The maximum absolute atomic E-state index is 11.4. The van der Waals surface area contributed by atoms with E-state index in [2.05, 4.69) is 10.8 Å². The third-order valence-electron chi connectivity index (χ3n) is 2.40. The summed E-state index contributed by atoms with van der Waals surface area (Å²) in [6.07, 6.45) is -0.806. The van der Waals surface area contributed by atoms with E-state index in [-0.39, 0.29) is 12.4 Å². The molecule has 0 aromatic heterocycles. The summed E-state index contributed by atoms with van der Waals surface area (Å²) in [4.78, 5) is 16.1. The predicted molar refractivity (Wildman–Crippen MR) is 94.9 cm³/mol. The van der Waals surface area contributed by atoms with E-state index in [4.69, 9.17) is 33.1 Å². The third kappa shape index (κ3) is 10.4. The van der Waals surface area contributed by atoms with E-state index in [1.807, 2.05) is 13.8 Å². The largest absolute Gasteiger partial charge is 0.400 e. The Morgan fingerprint density at radius 1 is 1.26 bits per heavy atom. The predicted octanol–water partition coefficient (Wildman–Crippen LogP) is 2.29. The topological polar surface area (TPSA) is 90.8 Å². The lowest BCUT2D eigenvalue weighted by molar-refractivity contribution is -0.120. The van der Waals surface area contributed by atoms with E-state index < -0.39 is 17.4 Å². The normalized spacial score (nSPS) is 11.8. The average molecular weight is 369 g/mol. The molecule has 23 heavy (non-hydrogen) atoms. The van der Waals surface area contributed by atoms with Crippen molar-refractivity contribution in [1.29, 1.82) is 0 Å². The van der Waals surface area contributed by atoms with Crippen molar-refractivity contribution in [3.63, 3.8) is 0 Å². The van der Waals surface area contributed by atoms with Gasteiger partial charge in [-0.2, -0.15) is 0 Å². The average Bonchev–Trinajstić information content (AvgIpc) is 2.63. The van der Waals surface area contributed by atoms with Crippen molar-refractivity contribution in [2.45, 2.75) is 25.3 Å². The highest BCUT2D eigenvalue weighted by atomic mass is 35.5. The molecule has 0 heterocycles. The number of aliphatic hydroxyl groups excluding tert-OH is 2. The molecule has 0 radical (unpaired) electrons. The highest BCUT2D eigenvalue weighted by molar-refractivity contribution is 6.36. The molecule has 0 aliphatic heterocycles. The standard InChI is InChI=1S/C12H16Cl2N2O3.C2H6.CH4O/c1-19-16-9-4-2-8(3-5-9)11(17)7-15-12(18)10(14)6-13;2*1-2/h2-5,10-11,16-17H,6-7H2,1H3,(H,15,18);1-2H3;2H,1H3. The van der Waals surface area contributed by atoms with Gasteiger partial charge in [-0.15, -0.1) is 23.2 Å². The van der Waals surface area contributed by atoms with Gasteiger partial charge in [0.2, 0.25) is 5.91 Å². The molecule has 8 heteroatoms. The molecule has 0 saturated heterocycles. The minimum Gasteiger partial charge on any atom is -0.400 e. The van der Waals surface area contributed by atoms with Crippen LogP contribution in [0.25, 0.3) is 0 Å². The van der Waals surface area contributed by atoms with E-state index in [1.54, 1.807) is 24.3 Å². The Morgan fingerprint density at radius 3 is 2.22 bits per heavy atom. The van der Waals surface area contributed by atoms with Crippen LogP contribution in [0.4, 0.5) is 5.69 Å². The fourth-order valence-electron chi connectivity index (χ4n) is 1.39. The van der Waals surface area contributed by atoms with Crippen LogP contribution in [0.1, 0.15) is 25.5 Å². The van der Waals surface area contributed by atoms with E-state index in [0.717, 1.165) is 12.8 Å². The van der Waals surface area contributed by atoms with Crippen LogP contribution in [0.2, 0.25) is 0 Å². The van der Waals surface area contributed by atoms with Gasteiger partial charge in [0, 0.05) is 19.5 Å². The molecule has 1 aromatic rings. The van der Waals surface area contributed by atoms with Gasteiger partial charge >= 0.3 is 0 Å². The first-order chi connectivity index (χ1) is 11.1. The van der Waals surface area contributed by atoms with Crippen LogP contribution in [0.5, 0.6) is 0 Å². The molecular weight excluding hydrogens is 343 g/mol. The van der Waals surface area contributed by atoms with Gasteiger partial charge in [0.25, 0.3) is 0 Å². The molecule has 2 unspecified atom stereocenters. The lowest BCUT2D eigenvalue weighted by atomic mass is 10.1. The molecule has 0 aliphatic carbocycles. The van der Waals surface area contributed by atoms with Crippen molar-refractivity contribution in [2.75, 3.05) is 32.1 Å². The number of rotatable bonds is 7. The molecule has 6 nitrogen and oxygen atoms in total. The van der Waals surface area contributed by atoms with Crippen LogP contribution in [0, 0.1) is 0 Å². The van der Waals surface area contributed by atoms with Gasteiger partial charge in [-0.1, -0.05) is 26.0 Å². The van der Waals surface area contributed by atoms with Gasteiger partial charge in [-0.25, -0.2) is 0 Å². The Morgan fingerprint density at radius 2 is 1.78 bits per heavy atom. The van der Waals surface area contributed by atoms with Crippen LogP contribution in [0.15, 0.2) is 24.3 Å². The SMILES string of the molecule is CC.CO.CONc1ccc(C(O)CNC(=O)C(Cl)CCl)cc1.